The van der Waals surface area contributed by atoms with Crippen LogP contribution in [0.1, 0.15) is 153 Å². The molecule has 0 radical (unpaired) electrons. The van der Waals surface area contributed by atoms with Gasteiger partial charge in [0.1, 0.15) is 30.4 Å². The first-order chi connectivity index (χ1) is 38.1. The summed E-state index contributed by atoms with van der Waals surface area (Å²) in [7, 11) is 0. The lowest BCUT2D eigenvalue weighted by Crippen LogP contribution is -2.77. The van der Waals surface area contributed by atoms with Crippen molar-refractivity contribution in [3.63, 3.8) is 0 Å². The number of aliphatic hydroxyl groups is 3. The third-order valence-electron chi connectivity index (χ3n) is 20.6. The number of benzene rings is 2. The Hall–Kier alpha value is -4.84. The Morgan fingerprint density at radius 2 is 1.11 bits per heavy atom. The molecule has 452 valence electrons. The summed E-state index contributed by atoms with van der Waals surface area (Å²) in [5, 5.41) is 70.4. The minimum Gasteiger partial charge on any atom is -0.504 e. The Kier molecular flexibility index (Phi) is 17.7. The average molecular weight is 1180 g/mol. The molecule has 20 nitrogen and oxygen atoms in total. The SMILES string of the molecule is CC(C)C(NC(=O)CCC(=O)O[C@H]1CC[C@@]2(O)[C@H]3Cc4ccc(O)c5c4[C@@]2(CCN3CC2CCC2)[C@H]1O5)C(=O)O.CC(C)C(NC(=O)CCC(=O)Oc1ccc2c3c1O[C@H]1[C@@H](O)CC[C@@]4(O)[C@@H](C2)N(CC2CCC2)CC[C@]314)C(=O)O.S.S. The van der Waals surface area contributed by atoms with E-state index in [1.165, 1.54) is 38.5 Å². The van der Waals surface area contributed by atoms with Crippen LogP contribution in [0.5, 0.6) is 23.0 Å². The quantitative estimate of drug-likeness (QED) is 0.0758. The number of phenols is 1. The van der Waals surface area contributed by atoms with Gasteiger partial charge in [0.25, 0.3) is 0 Å². The van der Waals surface area contributed by atoms with Gasteiger partial charge in [-0.15, -0.1) is 0 Å². The third kappa shape index (κ3) is 10.2. The Balaban J connectivity index is 0.000000193. The molecule has 2 saturated heterocycles. The Morgan fingerprint density at radius 3 is 1.61 bits per heavy atom. The normalized spacial score (nSPS) is 32.2. The highest BCUT2D eigenvalue weighted by Gasteiger charge is 2.75. The molecule has 8 N–H and O–H groups in total. The van der Waals surface area contributed by atoms with Crippen molar-refractivity contribution in [2.45, 2.75) is 214 Å². The molecule has 12 rings (SSSR count). The maximum Gasteiger partial charge on any atom is 0.326 e. The number of likely N-dealkylation sites (tertiary alicyclic amines) is 2. The molecule has 2 aromatic carbocycles. The maximum atomic E-state index is 12.9. The van der Waals surface area contributed by atoms with Crippen LogP contribution >= 0.6 is 27.0 Å². The summed E-state index contributed by atoms with van der Waals surface area (Å²) in [5.41, 5.74) is 0.195. The zero-order valence-electron chi connectivity index (χ0n) is 47.5. The number of piperidine rings is 2. The highest BCUT2D eigenvalue weighted by atomic mass is 32.1. The van der Waals surface area contributed by atoms with Crippen LogP contribution < -0.4 is 24.8 Å². The van der Waals surface area contributed by atoms with Gasteiger partial charge in [0.2, 0.25) is 11.8 Å². The van der Waals surface area contributed by atoms with Crippen molar-refractivity contribution in [1.29, 1.82) is 0 Å². The van der Waals surface area contributed by atoms with E-state index in [0.717, 1.165) is 48.4 Å². The molecule has 2 amide bonds. The number of hydrogen-bond donors (Lipinski definition) is 8. The van der Waals surface area contributed by atoms with Crippen LogP contribution in [0, 0.1) is 23.7 Å². The first-order valence-electron chi connectivity index (χ1n) is 29.5. The number of carboxylic acid groups (broad SMARTS) is 2. The molecular formula is C60H84N4O16S2. The fraction of sp³-hybridized carbons (Fsp3) is 0.700. The molecule has 2 spiro atoms. The van der Waals surface area contributed by atoms with E-state index < -0.39 is 94.2 Å². The van der Waals surface area contributed by atoms with E-state index in [-0.39, 0.29) is 88.1 Å². The minimum atomic E-state index is -1.13. The van der Waals surface area contributed by atoms with Gasteiger partial charge in [-0.3, -0.25) is 29.0 Å². The number of carbonyl (C=O) groups excluding carboxylic acids is 4. The Labute approximate surface area is 492 Å². The number of ether oxygens (including phenoxy) is 4. The number of aliphatic carboxylic acids is 2. The number of carboxylic acids is 2. The minimum absolute atomic E-state index is 0. The predicted octanol–water partition coefficient (Wildman–Crippen LogP) is 4.40. The second-order valence-corrected chi connectivity index (χ2v) is 25.7. The summed E-state index contributed by atoms with van der Waals surface area (Å²) in [6.45, 7) is 10.4. The lowest BCUT2D eigenvalue weighted by Gasteiger charge is -2.64. The van der Waals surface area contributed by atoms with E-state index in [0.29, 0.717) is 74.7 Å². The predicted molar refractivity (Wildman–Crippen MR) is 307 cm³/mol. The highest BCUT2D eigenvalue weighted by molar-refractivity contribution is 7.59. The highest BCUT2D eigenvalue weighted by Crippen LogP contribution is 2.67. The smallest absolute Gasteiger partial charge is 0.326 e. The Morgan fingerprint density at radius 1 is 0.634 bits per heavy atom. The molecule has 2 unspecified atom stereocenters. The van der Waals surface area contributed by atoms with E-state index in [1.807, 2.05) is 12.1 Å². The van der Waals surface area contributed by atoms with Crippen molar-refractivity contribution >= 4 is 62.7 Å². The number of aliphatic hydroxyl groups excluding tert-OH is 1. The van der Waals surface area contributed by atoms with E-state index in [1.54, 1.807) is 39.8 Å². The van der Waals surface area contributed by atoms with Crippen LogP contribution in [0.25, 0.3) is 0 Å². The summed E-state index contributed by atoms with van der Waals surface area (Å²) in [4.78, 5) is 78.1. The van der Waals surface area contributed by atoms with Crippen molar-refractivity contribution in [2.75, 3.05) is 26.2 Å². The number of rotatable bonds is 18. The summed E-state index contributed by atoms with van der Waals surface area (Å²) >= 11 is 0. The summed E-state index contributed by atoms with van der Waals surface area (Å²) in [6, 6.07) is 5.07. The monoisotopic (exact) mass is 1180 g/mol. The molecule has 4 heterocycles. The summed E-state index contributed by atoms with van der Waals surface area (Å²) < 4.78 is 24.4. The van der Waals surface area contributed by atoms with Gasteiger partial charge in [-0.25, -0.2) is 9.59 Å². The topological polar surface area (TPSA) is 291 Å². The Bertz CT molecular complexity index is 2800. The number of nitrogens with zero attached hydrogens (tertiary/aromatic N) is 2. The molecule has 10 aliphatic rings. The van der Waals surface area contributed by atoms with Gasteiger partial charge in [-0.2, -0.15) is 27.0 Å². The average Bonchev–Trinajstić information content (AvgIpc) is 1.60. The van der Waals surface area contributed by atoms with Gasteiger partial charge in [-0.05, 0) is 137 Å². The molecule has 0 aromatic heterocycles. The van der Waals surface area contributed by atoms with Gasteiger partial charge in [-0.1, -0.05) is 52.7 Å². The maximum absolute atomic E-state index is 12.9. The van der Waals surface area contributed by atoms with E-state index in [4.69, 9.17) is 18.9 Å². The summed E-state index contributed by atoms with van der Waals surface area (Å²) in [6.07, 6.45) is 8.48. The fourth-order valence-corrected chi connectivity index (χ4v) is 16.2. The summed E-state index contributed by atoms with van der Waals surface area (Å²) in [5.74, 6) is -2.70. The molecule has 4 saturated carbocycles. The van der Waals surface area contributed by atoms with Gasteiger partial charge in [0, 0.05) is 49.1 Å². The number of phenolic OH excluding ortho intramolecular Hbond substituents is 1. The molecule has 22 heteroatoms. The fourth-order valence-electron chi connectivity index (χ4n) is 16.2. The van der Waals surface area contributed by atoms with E-state index in [2.05, 4.69) is 20.4 Å². The largest absolute Gasteiger partial charge is 0.504 e. The van der Waals surface area contributed by atoms with Crippen LogP contribution in [-0.4, -0.2) is 162 Å². The van der Waals surface area contributed by atoms with Crippen LogP contribution in [0.4, 0.5) is 0 Å². The number of nitrogens with one attached hydrogen (secondary N) is 2. The molecule has 12 atom stereocenters. The van der Waals surface area contributed by atoms with Crippen molar-refractivity contribution in [2.24, 2.45) is 23.7 Å². The van der Waals surface area contributed by atoms with Gasteiger partial charge < -0.3 is 60.2 Å². The number of esters is 2. The van der Waals surface area contributed by atoms with Crippen LogP contribution in [0.3, 0.4) is 0 Å². The van der Waals surface area contributed by atoms with Gasteiger partial charge >= 0.3 is 23.9 Å². The number of carbonyl (C=O) groups is 6. The van der Waals surface area contributed by atoms with Crippen LogP contribution in [0.15, 0.2) is 24.3 Å². The van der Waals surface area contributed by atoms with E-state index >= 15 is 0 Å². The van der Waals surface area contributed by atoms with Crippen molar-refractivity contribution < 1.29 is 78.4 Å². The lowest BCUT2D eigenvalue weighted by atomic mass is 9.48. The third-order valence-corrected chi connectivity index (χ3v) is 20.6. The zero-order valence-corrected chi connectivity index (χ0v) is 49.5. The molecule has 4 bridgehead atoms. The lowest BCUT2D eigenvalue weighted by molar-refractivity contribution is -0.217. The second-order valence-electron chi connectivity index (χ2n) is 25.7. The molecule has 82 heavy (non-hydrogen) atoms. The van der Waals surface area contributed by atoms with Crippen molar-refractivity contribution in [1.82, 2.24) is 20.4 Å². The standard InChI is InChI=1S/2C30H40N2O8.2H2S/c1-16(2)25(28(36)37)31-22(34)8-9-23(35)39-20-7-6-18-14-21-30(38)11-10-19(33)27-29(30,24(18)26(20)40-27)12-13-32(21)15-17-4-3-5-17;1-16(2)25(28(36)37)31-22(34)8-9-23(35)39-20-10-11-30(38)21-14-18-6-7-19(33)26-24(18)29(30,27(20)40-26)12-13-32(21)15-17-4-3-5-17;;/h6-7,16-17,19,21,25,27,33,38H,3-5,8-15H2,1-2H3,(H,31,34)(H,36,37);6-7,16-17,20-21,25,27,33,38H,3-5,8-15H2,1-2H3,(H,31,34)(H,36,37);2*1H2/t19-,21+,25?,27-,29-,30+;20-,21+,25?,27-,29-,30+;;/m00../s1. The molecule has 2 aromatic rings. The molecule has 6 fully saturated rings. The van der Waals surface area contributed by atoms with Crippen LogP contribution in [-0.2, 0) is 57.2 Å². The van der Waals surface area contributed by atoms with Crippen molar-refractivity contribution in [3.8, 4) is 23.0 Å². The van der Waals surface area contributed by atoms with Gasteiger partial charge in [0.05, 0.1) is 41.0 Å². The first kappa shape index (κ1) is 61.7. The zero-order chi connectivity index (χ0) is 56.8. The number of aromatic hydroxyl groups is 1. The second kappa shape index (κ2) is 23.6. The van der Waals surface area contributed by atoms with Crippen molar-refractivity contribution in [3.05, 3.63) is 46.5 Å². The molecule has 4 aliphatic heterocycles. The molecular weight excluding hydrogens is 1100 g/mol. The van der Waals surface area contributed by atoms with E-state index in [9.17, 15) is 59.4 Å². The number of hydrogen-bond acceptors (Lipinski definition) is 16. The molecule has 6 aliphatic carbocycles. The first-order valence-corrected chi connectivity index (χ1v) is 29.5. The van der Waals surface area contributed by atoms with Crippen LogP contribution in [0.2, 0.25) is 0 Å². The van der Waals surface area contributed by atoms with Gasteiger partial charge in [0.15, 0.2) is 23.0 Å². The number of amides is 2.